The van der Waals surface area contributed by atoms with Crippen molar-refractivity contribution in [3.8, 4) is 0 Å². The van der Waals surface area contributed by atoms with E-state index in [1.54, 1.807) is 42.5 Å². The summed E-state index contributed by atoms with van der Waals surface area (Å²) >= 11 is 0. The average Bonchev–Trinajstić information content (AvgIpc) is 3.30. The van der Waals surface area contributed by atoms with Gasteiger partial charge in [-0.2, -0.15) is 0 Å². The predicted molar refractivity (Wildman–Crippen MR) is 109 cm³/mol. The first-order chi connectivity index (χ1) is 14.0. The Hall–Kier alpha value is -3.15. The van der Waals surface area contributed by atoms with Crippen LogP contribution in [0.25, 0.3) is 0 Å². The molecule has 2 fully saturated rings. The number of aryl methyl sites for hydroxylation is 1. The zero-order valence-electron chi connectivity index (χ0n) is 16.3. The van der Waals surface area contributed by atoms with E-state index < -0.39 is 12.0 Å². The Kier molecular flexibility index (Phi) is 5.09. The maximum absolute atomic E-state index is 13.2. The van der Waals surface area contributed by atoms with Crippen molar-refractivity contribution in [2.24, 2.45) is 11.8 Å². The molecular formula is C23H24N2O4. The molecule has 0 bridgehead atoms. The number of hydrogen-bond acceptors (Lipinski definition) is 3. The topological polar surface area (TPSA) is 86.7 Å². The van der Waals surface area contributed by atoms with E-state index in [1.165, 1.54) is 4.90 Å². The van der Waals surface area contributed by atoms with Crippen LogP contribution in [0, 0.1) is 18.8 Å². The quantitative estimate of drug-likeness (QED) is 0.833. The van der Waals surface area contributed by atoms with Crippen molar-refractivity contribution in [3.05, 3.63) is 65.2 Å². The summed E-state index contributed by atoms with van der Waals surface area (Å²) < 4.78 is 0. The molecular weight excluding hydrogens is 368 g/mol. The molecule has 1 aliphatic carbocycles. The number of carbonyl (C=O) groups excluding carboxylic acids is 2. The van der Waals surface area contributed by atoms with E-state index in [-0.39, 0.29) is 23.7 Å². The number of carbonyl (C=O) groups is 3. The van der Waals surface area contributed by atoms with E-state index in [0.29, 0.717) is 23.4 Å². The van der Waals surface area contributed by atoms with Crippen LogP contribution >= 0.6 is 0 Å². The van der Waals surface area contributed by atoms with E-state index in [0.717, 1.165) is 24.8 Å². The summed E-state index contributed by atoms with van der Waals surface area (Å²) in [7, 11) is 0. The lowest BCUT2D eigenvalue weighted by molar-refractivity contribution is -0.142. The Morgan fingerprint density at radius 2 is 1.79 bits per heavy atom. The van der Waals surface area contributed by atoms with Gasteiger partial charge in [0.2, 0.25) is 0 Å². The van der Waals surface area contributed by atoms with Crippen molar-refractivity contribution in [2.75, 3.05) is 11.9 Å². The number of nitrogens with zero attached hydrogens (tertiary/aromatic N) is 1. The monoisotopic (exact) mass is 392 g/mol. The summed E-state index contributed by atoms with van der Waals surface area (Å²) in [5.41, 5.74) is 2.31. The molecule has 3 unspecified atom stereocenters. The highest BCUT2D eigenvalue weighted by atomic mass is 16.4. The molecule has 2 aromatic carbocycles. The number of anilines is 1. The van der Waals surface area contributed by atoms with Gasteiger partial charge in [0.25, 0.3) is 11.8 Å². The van der Waals surface area contributed by atoms with Gasteiger partial charge in [0.1, 0.15) is 6.04 Å². The molecule has 2 aromatic rings. The second kappa shape index (κ2) is 7.70. The normalized spacial score (nSPS) is 22.9. The summed E-state index contributed by atoms with van der Waals surface area (Å²) in [6, 6.07) is 13.2. The zero-order valence-corrected chi connectivity index (χ0v) is 16.3. The van der Waals surface area contributed by atoms with Gasteiger partial charge in [-0.05, 0) is 61.4 Å². The Bertz CT molecular complexity index is 957. The molecule has 2 amide bonds. The molecule has 150 valence electrons. The van der Waals surface area contributed by atoms with Crippen LogP contribution in [0.15, 0.2) is 48.5 Å². The molecule has 1 heterocycles. The van der Waals surface area contributed by atoms with Crippen molar-refractivity contribution in [3.63, 3.8) is 0 Å². The number of nitrogens with one attached hydrogen (secondary N) is 1. The van der Waals surface area contributed by atoms with Crippen molar-refractivity contribution < 1.29 is 19.5 Å². The molecule has 0 radical (unpaired) electrons. The molecule has 0 aromatic heterocycles. The molecule has 6 heteroatoms. The number of carboxylic acid groups (broad SMARTS) is 1. The molecule has 0 spiro atoms. The minimum Gasteiger partial charge on any atom is -0.480 e. The van der Waals surface area contributed by atoms with Crippen LogP contribution in [0.5, 0.6) is 0 Å². The Balaban J connectivity index is 1.57. The molecule has 1 saturated carbocycles. The minimum atomic E-state index is -0.933. The van der Waals surface area contributed by atoms with Crippen LogP contribution in [0.4, 0.5) is 5.69 Å². The van der Waals surface area contributed by atoms with Crippen molar-refractivity contribution in [1.29, 1.82) is 0 Å². The largest absolute Gasteiger partial charge is 0.480 e. The Morgan fingerprint density at radius 3 is 2.52 bits per heavy atom. The zero-order chi connectivity index (χ0) is 20.5. The fourth-order valence-corrected chi connectivity index (χ4v) is 4.67. The van der Waals surface area contributed by atoms with Crippen molar-refractivity contribution >= 4 is 23.5 Å². The highest BCUT2D eigenvalue weighted by molar-refractivity contribution is 6.05. The number of likely N-dealkylation sites (tertiary alicyclic amines) is 1. The van der Waals surface area contributed by atoms with Gasteiger partial charge < -0.3 is 15.3 Å². The van der Waals surface area contributed by atoms with E-state index in [4.69, 9.17) is 0 Å². The number of benzene rings is 2. The third-order valence-electron chi connectivity index (χ3n) is 6.17. The summed E-state index contributed by atoms with van der Waals surface area (Å²) in [5, 5.41) is 12.6. The minimum absolute atomic E-state index is 0.0409. The smallest absolute Gasteiger partial charge is 0.326 e. The van der Waals surface area contributed by atoms with Gasteiger partial charge in [-0.15, -0.1) is 0 Å². The van der Waals surface area contributed by atoms with Crippen LogP contribution in [-0.4, -0.2) is 40.4 Å². The molecule has 2 N–H and O–H groups in total. The molecule has 1 saturated heterocycles. The summed E-state index contributed by atoms with van der Waals surface area (Å²) in [5.74, 6) is -1.17. The summed E-state index contributed by atoms with van der Waals surface area (Å²) in [6.07, 6.45) is 2.86. The SMILES string of the molecule is Cc1ccc(C(=O)N2CC3CCCC3C2C(=O)O)cc1NC(=O)c1ccccc1. The highest BCUT2D eigenvalue weighted by Crippen LogP contribution is 2.42. The number of hydrogen-bond donors (Lipinski definition) is 2. The maximum Gasteiger partial charge on any atom is 0.326 e. The van der Waals surface area contributed by atoms with Crippen LogP contribution in [0.1, 0.15) is 45.5 Å². The Morgan fingerprint density at radius 1 is 1.03 bits per heavy atom. The molecule has 29 heavy (non-hydrogen) atoms. The van der Waals surface area contributed by atoms with E-state index >= 15 is 0 Å². The lowest BCUT2D eigenvalue weighted by atomic mass is 9.94. The molecule has 1 aliphatic heterocycles. The molecule has 2 aliphatic rings. The van der Waals surface area contributed by atoms with E-state index in [1.807, 2.05) is 13.0 Å². The fraction of sp³-hybridized carbons (Fsp3) is 0.348. The summed E-state index contributed by atoms with van der Waals surface area (Å²) in [4.78, 5) is 39.0. The fourth-order valence-electron chi connectivity index (χ4n) is 4.67. The third kappa shape index (κ3) is 3.62. The number of aliphatic carboxylic acids is 1. The van der Waals surface area contributed by atoms with Gasteiger partial charge in [0.15, 0.2) is 0 Å². The molecule has 4 rings (SSSR count). The van der Waals surface area contributed by atoms with Crippen LogP contribution in [0.2, 0.25) is 0 Å². The average molecular weight is 392 g/mol. The van der Waals surface area contributed by atoms with Gasteiger partial charge in [0.05, 0.1) is 0 Å². The van der Waals surface area contributed by atoms with Gasteiger partial charge in [-0.25, -0.2) is 4.79 Å². The van der Waals surface area contributed by atoms with Gasteiger partial charge in [0, 0.05) is 23.4 Å². The summed E-state index contributed by atoms with van der Waals surface area (Å²) in [6.45, 7) is 2.34. The lowest BCUT2D eigenvalue weighted by Crippen LogP contribution is -2.43. The predicted octanol–water partition coefficient (Wildman–Crippen LogP) is 3.57. The first kappa shape index (κ1) is 19.2. The first-order valence-corrected chi connectivity index (χ1v) is 9.96. The van der Waals surface area contributed by atoms with Gasteiger partial charge >= 0.3 is 5.97 Å². The van der Waals surface area contributed by atoms with Crippen LogP contribution < -0.4 is 5.32 Å². The number of amides is 2. The number of fused-ring (bicyclic) bond motifs is 1. The lowest BCUT2D eigenvalue weighted by Gasteiger charge is -2.25. The maximum atomic E-state index is 13.2. The van der Waals surface area contributed by atoms with E-state index in [9.17, 15) is 19.5 Å². The number of rotatable bonds is 4. The standard InChI is InChI=1S/C23H24N2O4/c1-14-10-11-16(12-19(14)24-21(26)15-6-3-2-4-7-15)22(27)25-13-17-8-5-9-18(17)20(25)23(28)29/h2-4,6-7,10-12,17-18,20H,5,8-9,13H2,1H3,(H,24,26)(H,28,29). The second-order valence-electron chi connectivity index (χ2n) is 7.95. The van der Waals surface area contributed by atoms with Crippen molar-refractivity contribution in [1.82, 2.24) is 4.90 Å². The van der Waals surface area contributed by atoms with Crippen molar-refractivity contribution in [2.45, 2.75) is 32.2 Å². The van der Waals surface area contributed by atoms with Crippen LogP contribution in [-0.2, 0) is 4.79 Å². The Labute approximate surface area is 169 Å². The number of carboxylic acids is 1. The third-order valence-corrected chi connectivity index (χ3v) is 6.17. The van der Waals surface area contributed by atoms with E-state index in [2.05, 4.69) is 5.32 Å². The highest BCUT2D eigenvalue weighted by Gasteiger charge is 2.49. The molecule has 3 atom stereocenters. The van der Waals surface area contributed by atoms with Gasteiger partial charge in [-0.3, -0.25) is 9.59 Å². The first-order valence-electron chi connectivity index (χ1n) is 9.96. The molecule has 6 nitrogen and oxygen atoms in total. The van der Waals surface area contributed by atoms with Crippen LogP contribution in [0.3, 0.4) is 0 Å². The van der Waals surface area contributed by atoms with Gasteiger partial charge in [-0.1, -0.05) is 30.7 Å². The second-order valence-corrected chi connectivity index (χ2v) is 7.95.